The first kappa shape index (κ1) is 32.4. The highest BCUT2D eigenvalue weighted by Crippen LogP contribution is 2.34. The van der Waals surface area contributed by atoms with E-state index in [1.807, 2.05) is 24.0 Å². The maximum atomic E-state index is 13.1. The normalized spacial score (nSPS) is 18.6. The van der Waals surface area contributed by atoms with Crippen molar-refractivity contribution < 1.29 is 14.4 Å². The number of imide groups is 1. The minimum atomic E-state index is -0.567. The van der Waals surface area contributed by atoms with Crippen LogP contribution in [0.4, 0.5) is 0 Å². The third kappa shape index (κ3) is 7.23. The summed E-state index contributed by atoms with van der Waals surface area (Å²) in [5.41, 5.74) is 8.31. The average Bonchev–Trinajstić information content (AvgIpc) is 3.63. The van der Waals surface area contributed by atoms with Gasteiger partial charge in [0.05, 0.1) is 11.7 Å². The number of fused-ring (bicyclic) bond motifs is 2. The van der Waals surface area contributed by atoms with Crippen molar-refractivity contribution in [1.29, 1.82) is 0 Å². The lowest BCUT2D eigenvalue weighted by Gasteiger charge is -2.32. The summed E-state index contributed by atoms with van der Waals surface area (Å²) >= 11 is 0. The SMILES string of the molecule is C=C.Cn1ncc2cc(CCCCc3ccc(CN4CCC(c5ccc6c(c5)CN(C5CCC(=O)NC5=O)C6=O)CC4)cc3)ccc21. The Labute approximate surface area is 277 Å². The van der Waals surface area contributed by atoms with E-state index in [-0.39, 0.29) is 24.1 Å². The van der Waals surface area contributed by atoms with Crippen molar-refractivity contribution in [3.05, 3.63) is 113 Å². The van der Waals surface area contributed by atoms with Gasteiger partial charge in [-0.05, 0) is 110 Å². The number of unbranched alkanes of at least 4 members (excludes halogenated alkanes) is 1. The van der Waals surface area contributed by atoms with Crippen molar-refractivity contribution in [1.82, 2.24) is 24.9 Å². The van der Waals surface area contributed by atoms with Gasteiger partial charge >= 0.3 is 0 Å². The first-order chi connectivity index (χ1) is 22.9. The summed E-state index contributed by atoms with van der Waals surface area (Å²) in [5, 5.41) is 7.95. The van der Waals surface area contributed by atoms with Gasteiger partial charge in [-0.2, -0.15) is 5.10 Å². The van der Waals surface area contributed by atoms with Gasteiger partial charge < -0.3 is 4.90 Å². The number of hydrogen-bond acceptors (Lipinski definition) is 5. The van der Waals surface area contributed by atoms with Crippen LogP contribution in [0.1, 0.15) is 82.6 Å². The largest absolute Gasteiger partial charge is 0.322 e. The summed E-state index contributed by atoms with van der Waals surface area (Å²) in [5.74, 6) is -0.254. The Bertz CT molecular complexity index is 1750. The van der Waals surface area contributed by atoms with Crippen molar-refractivity contribution in [2.45, 2.75) is 76.4 Å². The molecule has 2 saturated heterocycles. The van der Waals surface area contributed by atoms with Crippen molar-refractivity contribution >= 4 is 28.6 Å². The Morgan fingerprint density at radius 1 is 0.851 bits per heavy atom. The molecule has 1 unspecified atom stereocenters. The summed E-state index contributed by atoms with van der Waals surface area (Å²) in [4.78, 5) is 41.2. The number of carbonyl (C=O) groups excluding carboxylic acids is 3. The summed E-state index contributed by atoms with van der Waals surface area (Å²) < 4.78 is 1.92. The molecule has 8 heteroatoms. The Balaban J connectivity index is 0.00000190. The maximum absolute atomic E-state index is 13.1. The van der Waals surface area contributed by atoms with Crippen LogP contribution in [0.25, 0.3) is 10.9 Å². The van der Waals surface area contributed by atoms with Gasteiger partial charge in [-0.25, -0.2) is 0 Å². The zero-order valence-electron chi connectivity index (χ0n) is 27.4. The molecular weight excluding hydrogens is 586 g/mol. The molecule has 0 spiro atoms. The lowest BCUT2D eigenvalue weighted by Crippen LogP contribution is -2.52. The molecule has 4 heterocycles. The number of carbonyl (C=O) groups is 3. The van der Waals surface area contributed by atoms with Gasteiger partial charge in [0.15, 0.2) is 0 Å². The number of hydrogen-bond donors (Lipinski definition) is 1. The highest BCUT2D eigenvalue weighted by Gasteiger charge is 2.39. The Morgan fingerprint density at radius 2 is 1.55 bits per heavy atom. The first-order valence-electron chi connectivity index (χ1n) is 16.9. The quantitative estimate of drug-likeness (QED) is 0.137. The number of benzene rings is 3. The molecule has 3 amide bonds. The minimum absolute atomic E-state index is 0.106. The van der Waals surface area contributed by atoms with E-state index < -0.39 is 6.04 Å². The van der Waals surface area contributed by atoms with E-state index in [0.29, 0.717) is 24.4 Å². The van der Waals surface area contributed by atoms with E-state index in [0.717, 1.165) is 50.9 Å². The highest BCUT2D eigenvalue weighted by atomic mass is 16.2. The van der Waals surface area contributed by atoms with E-state index in [1.165, 1.54) is 46.0 Å². The third-order valence-electron chi connectivity index (χ3n) is 10.0. The van der Waals surface area contributed by atoms with Crippen LogP contribution in [0.5, 0.6) is 0 Å². The van der Waals surface area contributed by atoms with Crippen LogP contribution < -0.4 is 5.32 Å². The molecule has 0 radical (unpaired) electrons. The molecule has 47 heavy (non-hydrogen) atoms. The molecule has 244 valence electrons. The Morgan fingerprint density at radius 3 is 2.30 bits per heavy atom. The van der Waals surface area contributed by atoms with Gasteiger partial charge in [0.25, 0.3) is 5.91 Å². The third-order valence-corrected chi connectivity index (χ3v) is 10.0. The fraction of sp³-hybridized carbons (Fsp3) is 0.385. The molecule has 1 atom stereocenters. The van der Waals surface area contributed by atoms with Gasteiger partial charge in [0, 0.05) is 37.5 Å². The minimum Gasteiger partial charge on any atom is -0.322 e. The number of aryl methyl sites for hydroxylation is 3. The van der Waals surface area contributed by atoms with Crippen LogP contribution in [0, 0.1) is 0 Å². The van der Waals surface area contributed by atoms with Crippen molar-refractivity contribution in [3.8, 4) is 0 Å². The standard InChI is InChI=1S/C37H41N5O3.C2H4/c1-40-33-13-10-26(20-30(33)22-38-40)5-3-2-4-25-6-8-27(9-7-25)23-41-18-16-28(17-19-41)29-11-12-32-31(21-29)24-42(37(32)45)34-14-15-35(43)39-36(34)44;1-2/h6-13,20-22,28,34H,2-5,14-19,23-24H2,1H3,(H,39,43,44);1-2H2. The van der Waals surface area contributed by atoms with Crippen molar-refractivity contribution in [2.75, 3.05) is 13.1 Å². The van der Waals surface area contributed by atoms with Gasteiger partial charge in [0.2, 0.25) is 11.8 Å². The molecule has 8 nitrogen and oxygen atoms in total. The smallest absolute Gasteiger partial charge is 0.255 e. The number of nitrogens with zero attached hydrogens (tertiary/aromatic N) is 4. The van der Waals surface area contributed by atoms with Gasteiger partial charge in [-0.3, -0.25) is 29.3 Å². The predicted octanol–water partition coefficient (Wildman–Crippen LogP) is 6.08. The lowest BCUT2D eigenvalue weighted by atomic mass is 9.87. The predicted molar refractivity (Wildman–Crippen MR) is 185 cm³/mol. The monoisotopic (exact) mass is 631 g/mol. The van der Waals surface area contributed by atoms with E-state index in [9.17, 15) is 14.4 Å². The number of amides is 3. The topological polar surface area (TPSA) is 87.5 Å². The second-order valence-electron chi connectivity index (χ2n) is 13.1. The molecule has 3 aliphatic heterocycles. The van der Waals surface area contributed by atoms with Crippen LogP contribution in [0.3, 0.4) is 0 Å². The highest BCUT2D eigenvalue weighted by molar-refractivity contribution is 6.05. The average molecular weight is 632 g/mol. The molecular formula is C39H45N5O3. The molecule has 1 aromatic heterocycles. The van der Waals surface area contributed by atoms with Crippen LogP contribution in [-0.2, 0) is 42.6 Å². The van der Waals surface area contributed by atoms with E-state index in [2.05, 4.69) is 83.1 Å². The fourth-order valence-electron chi connectivity index (χ4n) is 7.37. The second-order valence-corrected chi connectivity index (χ2v) is 13.1. The zero-order chi connectivity index (χ0) is 32.9. The molecule has 2 fully saturated rings. The molecule has 0 aliphatic carbocycles. The molecule has 0 saturated carbocycles. The summed E-state index contributed by atoms with van der Waals surface area (Å²) in [6.45, 7) is 9.51. The molecule has 3 aromatic carbocycles. The molecule has 3 aliphatic rings. The van der Waals surface area contributed by atoms with Crippen LogP contribution in [0.2, 0.25) is 0 Å². The summed E-state index contributed by atoms with van der Waals surface area (Å²) in [6, 6.07) is 21.5. The number of aromatic nitrogens is 2. The lowest BCUT2D eigenvalue weighted by molar-refractivity contribution is -0.136. The van der Waals surface area contributed by atoms with Crippen molar-refractivity contribution in [2.24, 2.45) is 7.05 Å². The van der Waals surface area contributed by atoms with Crippen molar-refractivity contribution in [3.63, 3.8) is 0 Å². The zero-order valence-corrected chi connectivity index (χ0v) is 27.4. The summed E-state index contributed by atoms with van der Waals surface area (Å²) in [7, 11) is 1.99. The Kier molecular flexibility index (Phi) is 9.97. The number of nitrogens with one attached hydrogen (secondary N) is 1. The van der Waals surface area contributed by atoms with Gasteiger partial charge in [-0.15, -0.1) is 13.2 Å². The molecule has 1 N–H and O–H groups in total. The molecule has 4 aromatic rings. The Hall–Kier alpha value is -4.56. The first-order valence-corrected chi connectivity index (χ1v) is 16.9. The molecule has 7 rings (SSSR count). The summed E-state index contributed by atoms with van der Waals surface area (Å²) in [6.07, 6.45) is 9.37. The van der Waals surface area contributed by atoms with Gasteiger partial charge in [-0.1, -0.05) is 42.5 Å². The fourth-order valence-corrected chi connectivity index (χ4v) is 7.37. The maximum Gasteiger partial charge on any atom is 0.255 e. The van der Waals surface area contributed by atoms with Gasteiger partial charge in [0.1, 0.15) is 6.04 Å². The number of likely N-dealkylation sites (tertiary alicyclic amines) is 1. The van der Waals surface area contributed by atoms with E-state index in [1.54, 1.807) is 4.90 Å². The van der Waals surface area contributed by atoms with Crippen LogP contribution in [0.15, 0.2) is 80.0 Å². The second kappa shape index (κ2) is 14.5. The number of rotatable bonds is 9. The van der Waals surface area contributed by atoms with Crippen LogP contribution >= 0.6 is 0 Å². The van der Waals surface area contributed by atoms with E-state index >= 15 is 0 Å². The van der Waals surface area contributed by atoms with Crippen LogP contribution in [-0.4, -0.2) is 56.4 Å². The number of piperidine rings is 2. The molecule has 0 bridgehead atoms. The van der Waals surface area contributed by atoms with E-state index in [4.69, 9.17) is 0 Å².